The van der Waals surface area contributed by atoms with E-state index < -0.39 is 0 Å². The maximum atomic E-state index is 11.7. The summed E-state index contributed by atoms with van der Waals surface area (Å²) in [4.78, 5) is 14.2. The van der Waals surface area contributed by atoms with Crippen molar-refractivity contribution in [2.45, 2.75) is 44.3 Å². The second kappa shape index (κ2) is 3.20. The van der Waals surface area contributed by atoms with Crippen molar-refractivity contribution >= 4 is 5.78 Å². The number of piperidine rings is 1. The molecular weight excluding hydrogens is 210 g/mol. The van der Waals surface area contributed by atoms with E-state index in [1.807, 2.05) is 0 Å². The summed E-state index contributed by atoms with van der Waals surface area (Å²) in [5.74, 6) is 0.496. The summed E-state index contributed by atoms with van der Waals surface area (Å²) in [7, 11) is 0. The van der Waals surface area contributed by atoms with Crippen LogP contribution in [0.3, 0.4) is 0 Å². The van der Waals surface area contributed by atoms with Gasteiger partial charge in [0.25, 0.3) is 0 Å². The van der Waals surface area contributed by atoms with Crippen LogP contribution in [0.1, 0.15) is 31.2 Å². The number of Topliss-reactive ketones (excluding diaryl/α,β-unsaturated/α-hetero) is 1. The third-order valence-corrected chi connectivity index (χ3v) is 5.17. The van der Waals surface area contributed by atoms with Crippen molar-refractivity contribution in [2.24, 2.45) is 5.41 Å². The van der Waals surface area contributed by atoms with Crippen LogP contribution in [0.5, 0.6) is 0 Å². The van der Waals surface area contributed by atoms with Gasteiger partial charge in [0, 0.05) is 36.9 Å². The Balaban J connectivity index is 1.56. The molecule has 0 aromatic heterocycles. The summed E-state index contributed by atoms with van der Waals surface area (Å²) < 4.78 is 0. The molecule has 1 aliphatic heterocycles. The molecule has 1 aromatic carbocycles. The van der Waals surface area contributed by atoms with Crippen molar-refractivity contribution in [1.29, 1.82) is 0 Å². The van der Waals surface area contributed by atoms with Crippen LogP contribution in [0.2, 0.25) is 0 Å². The molecule has 0 N–H and O–H groups in total. The van der Waals surface area contributed by atoms with E-state index in [0.29, 0.717) is 23.3 Å². The molecule has 1 aromatic rings. The predicted molar refractivity (Wildman–Crippen MR) is 65.5 cm³/mol. The molecule has 3 atom stereocenters. The maximum Gasteiger partial charge on any atom is 0.135 e. The maximum absolute atomic E-state index is 11.7. The van der Waals surface area contributed by atoms with Crippen LogP contribution in [0.4, 0.5) is 0 Å². The van der Waals surface area contributed by atoms with Gasteiger partial charge in [0.1, 0.15) is 5.78 Å². The van der Waals surface area contributed by atoms with Crippen molar-refractivity contribution < 1.29 is 4.79 Å². The van der Waals surface area contributed by atoms with Gasteiger partial charge in [0.2, 0.25) is 0 Å². The molecule has 0 radical (unpaired) electrons. The molecule has 2 saturated carbocycles. The Kier molecular flexibility index (Phi) is 1.85. The molecule has 3 fully saturated rings. The fourth-order valence-electron chi connectivity index (χ4n) is 4.31. The molecule has 2 nitrogen and oxygen atoms in total. The van der Waals surface area contributed by atoms with Crippen molar-refractivity contribution in [1.82, 2.24) is 4.90 Å². The lowest BCUT2D eigenvalue weighted by Gasteiger charge is -2.68. The normalized spacial score (nSPS) is 39.2. The Bertz CT molecular complexity index is 469. The van der Waals surface area contributed by atoms with Gasteiger partial charge in [0.05, 0.1) is 0 Å². The molecule has 2 aliphatic carbocycles. The molecule has 0 bridgehead atoms. The predicted octanol–water partition coefficient (Wildman–Crippen LogP) is 2.38. The highest BCUT2D eigenvalue weighted by molar-refractivity contribution is 5.84. The minimum atomic E-state index is 0.422. The van der Waals surface area contributed by atoms with E-state index in [1.54, 1.807) is 0 Å². The van der Waals surface area contributed by atoms with Crippen molar-refractivity contribution in [2.75, 3.05) is 0 Å². The lowest BCUT2D eigenvalue weighted by molar-refractivity contribution is -0.192. The number of hydrogen-bond acceptors (Lipinski definition) is 2. The average molecular weight is 227 g/mol. The summed E-state index contributed by atoms with van der Waals surface area (Å²) in [6, 6.07) is 11.9. The number of hydrogen-bond donors (Lipinski definition) is 0. The van der Waals surface area contributed by atoms with Crippen LogP contribution in [0, 0.1) is 5.41 Å². The third kappa shape index (κ3) is 1.17. The van der Waals surface area contributed by atoms with Crippen LogP contribution in [0.15, 0.2) is 30.3 Å². The number of benzene rings is 1. The molecule has 1 spiro atoms. The average Bonchev–Trinajstić information content (AvgIpc) is 2.66. The fraction of sp³-hybridized carbons (Fsp3) is 0.533. The number of carbonyl (C=O) groups excluding carboxylic acids is 1. The van der Waals surface area contributed by atoms with Crippen LogP contribution in [-0.2, 0) is 11.3 Å². The first-order valence-corrected chi connectivity index (χ1v) is 6.61. The number of likely N-dealkylation sites (tertiary alicyclic amines) is 1. The summed E-state index contributed by atoms with van der Waals surface area (Å²) in [6.45, 7) is 1.03. The lowest BCUT2D eigenvalue weighted by Crippen LogP contribution is -2.74. The van der Waals surface area contributed by atoms with Crippen LogP contribution >= 0.6 is 0 Å². The van der Waals surface area contributed by atoms with Gasteiger partial charge in [-0.3, -0.25) is 9.69 Å². The molecular formula is C15H17NO. The van der Waals surface area contributed by atoms with Crippen molar-refractivity contribution in [3.05, 3.63) is 35.9 Å². The molecule has 1 heterocycles. The highest BCUT2D eigenvalue weighted by Crippen LogP contribution is 2.64. The molecule has 17 heavy (non-hydrogen) atoms. The van der Waals surface area contributed by atoms with E-state index in [0.717, 1.165) is 19.4 Å². The molecule has 4 rings (SSSR count). The molecule has 88 valence electrons. The van der Waals surface area contributed by atoms with E-state index >= 15 is 0 Å². The summed E-state index contributed by atoms with van der Waals surface area (Å²) >= 11 is 0. The zero-order valence-corrected chi connectivity index (χ0v) is 9.93. The van der Waals surface area contributed by atoms with E-state index in [2.05, 4.69) is 35.2 Å². The molecule has 1 saturated heterocycles. The van der Waals surface area contributed by atoms with Crippen LogP contribution in [0.25, 0.3) is 0 Å². The zero-order chi connectivity index (χ0) is 11.5. The third-order valence-electron chi connectivity index (χ3n) is 5.17. The van der Waals surface area contributed by atoms with E-state index in [1.165, 1.54) is 18.4 Å². The minimum absolute atomic E-state index is 0.422. The SMILES string of the molecule is O=C1CC2N(Cc3ccccc3)C3CCC32C1. The van der Waals surface area contributed by atoms with Crippen LogP contribution in [-0.4, -0.2) is 22.8 Å². The quantitative estimate of drug-likeness (QED) is 0.773. The lowest BCUT2D eigenvalue weighted by atomic mass is 9.53. The highest BCUT2D eigenvalue weighted by atomic mass is 16.1. The van der Waals surface area contributed by atoms with Gasteiger partial charge in [0.15, 0.2) is 0 Å². The van der Waals surface area contributed by atoms with Gasteiger partial charge in [-0.15, -0.1) is 0 Å². The van der Waals surface area contributed by atoms with Gasteiger partial charge in [-0.1, -0.05) is 30.3 Å². The van der Waals surface area contributed by atoms with E-state index in [-0.39, 0.29) is 0 Å². The van der Waals surface area contributed by atoms with Gasteiger partial charge < -0.3 is 0 Å². The Morgan fingerprint density at radius 3 is 2.76 bits per heavy atom. The Morgan fingerprint density at radius 2 is 2.06 bits per heavy atom. The topological polar surface area (TPSA) is 20.3 Å². The first-order valence-electron chi connectivity index (χ1n) is 6.61. The number of carbonyl (C=O) groups is 1. The summed E-state index contributed by atoms with van der Waals surface area (Å²) in [5.41, 5.74) is 1.80. The van der Waals surface area contributed by atoms with E-state index in [9.17, 15) is 4.79 Å². The molecule has 0 amide bonds. The van der Waals surface area contributed by atoms with E-state index in [4.69, 9.17) is 0 Å². The Hall–Kier alpha value is -1.15. The second-order valence-corrected chi connectivity index (χ2v) is 5.88. The van der Waals surface area contributed by atoms with Gasteiger partial charge in [-0.25, -0.2) is 0 Å². The van der Waals surface area contributed by atoms with Gasteiger partial charge in [-0.05, 0) is 18.4 Å². The standard InChI is InChI=1S/C15H17NO/c17-12-8-14-15(9-12)7-6-13(15)16(14)10-11-4-2-1-3-5-11/h1-5,13-14H,6-10H2. The van der Waals surface area contributed by atoms with Gasteiger partial charge in [-0.2, -0.15) is 0 Å². The highest BCUT2D eigenvalue weighted by Gasteiger charge is 2.68. The first-order chi connectivity index (χ1) is 8.29. The largest absolute Gasteiger partial charge is 0.300 e. The van der Waals surface area contributed by atoms with Crippen molar-refractivity contribution in [3.8, 4) is 0 Å². The fourth-order valence-corrected chi connectivity index (χ4v) is 4.31. The van der Waals surface area contributed by atoms with Crippen LogP contribution < -0.4 is 0 Å². The summed E-state index contributed by atoms with van der Waals surface area (Å²) in [6.07, 6.45) is 4.27. The van der Waals surface area contributed by atoms with Gasteiger partial charge >= 0.3 is 0 Å². The number of ketones is 1. The number of rotatable bonds is 2. The Labute approximate surface area is 102 Å². The number of nitrogens with zero attached hydrogens (tertiary/aromatic N) is 1. The molecule has 3 aliphatic rings. The first kappa shape index (κ1) is 9.84. The smallest absolute Gasteiger partial charge is 0.135 e. The zero-order valence-electron chi connectivity index (χ0n) is 9.93. The summed E-state index contributed by atoms with van der Waals surface area (Å²) in [5, 5.41) is 0. The molecule has 2 heteroatoms. The molecule has 3 unspecified atom stereocenters. The Morgan fingerprint density at radius 1 is 1.24 bits per heavy atom. The minimum Gasteiger partial charge on any atom is -0.300 e. The van der Waals surface area contributed by atoms with Crippen molar-refractivity contribution in [3.63, 3.8) is 0 Å². The monoisotopic (exact) mass is 227 g/mol. The second-order valence-electron chi connectivity index (χ2n) is 5.88.